The molecule has 138 valence electrons. The van der Waals surface area contributed by atoms with E-state index in [2.05, 4.69) is 0 Å². The molecule has 1 heterocycles. The molecule has 1 amide bonds. The van der Waals surface area contributed by atoms with Gasteiger partial charge in [-0.15, -0.1) is 0 Å². The summed E-state index contributed by atoms with van der Waals surface area (Å²) in [5.41, 5.74) is 1.05. The molecule has 6 heteroatoms. The molecular formula is C19H28N2O4. The van der Waals surface area contributed by atoms with E-state index < -0.39 is 12.1 Å². The van der Waals surface area contributed by atoms with Crippen LogP contribution in [-0.4, -0.2) is 65.6 Å². The highest BCUT2D eigenvalue weighted by Gasteiger charge is 2.26. The molecule has 2 rings (SSSR count). The van der Waals surface area contributed by atoms with E-state index in [1.54, 1.807) is 6.92 Å². The number of benzene rings is 1. The van der Waals surface area contributed by atoms with Crippen molar-refractivity contribution in [2.45, 2.75) is 44.9 Å². The number of ether oxygens (including phenoxy) is 1. The monoisotopic (exact) mass is 348 g/mol. The summed E-state index contributed by atoms with van der Waals surface area (Å²) in [6.45, 7) is 3.60. The maximum absolute atomic E-state index is 12.6. The van der Waals surface area contributed by atoms with E-state index in [4.69, 9.17) is 9.84 Å². The molecule has 0 aromatic heterocycles. The summed E-state index contributed by atoms with van der Waals surface area (Å²) < 4.78 is 5.73. The molecular weight excluding hydrogens is 320 g/mol. The van der Waals surface area contributed by atoms with Gasteiger partial charge in [-0.05, 0) is 38.8 Å². The van der Waals surface area contributed by atoms with Crippen molar-refractivity contribution in [1.82, 2.24) is 9.80 Å². The maximum Gasteiger partial charge on any atom is 0.317 e. The summed E-state index contributed by atoms with van der Waals surface area (Å²) >= 11 is 0. The average Bonchev–Trinajstić information content (AvgIpc) is 2.85. The van der Waals surface area contributed by atoms with Gasteiger partial charge in [0.2, 0.25) is 0 Å². The van der Waals surface area contributed by atoms with E-state index in [-0.39, 0.29) is 18.5 Å². The van der Waals surface area contributed by atoms with Crippen LogP contribution in [0.5, 0.6) is 0 Å². The van der Waals surface area contributed by atoms with Crippen LogP contribution in [0.1, 0.15) is 31.7 Å². The predicted molar refractivity (Wildman–Crippen MR) is 95.2 cm³/mol. The number of nitrogens with zero attached hydrogens (tertiary/aromatic N) is 2. The van der Waals surface area contributed by atoms with Crippen molar-refractivity contribution < 1.29 is 19.4 Å². The quantitative estimate of drug-likeness (QED) is 0.816. The number of carbonyl (C=O) groups is 2. The topological polar surface area (TPSA) is 70.1 Å². The van der Waals surface area contributed by atoms with E-state index >= 15 is 0 Å². The minimum atomic E-state index is -0.817. The zero-order valence-corrected chi connectivity index (χ0v) is 15.1. The van der Waals surface area contributed by atoms with Crippen LogP contribution in [0.15, 0.2) is 30.3 Å². The number of carboxylic acid groups (broad SMARTS) is 1. The molecule has 0 radical (unpaired) electrons. The number of hydrogen-bond acceptors (Lipinski definition) is 4. The first-order chi connectivity index (χ1) is 12.0. The van der Waals surface area contributed by atoms with Gasteiger partial charge in [0.25, 0.3) is 5.91 Å². The Bertz CT molecular complexity index is 564. The molecule has 1 aromatic rings. The van der Waals surface area contributed by atoms with Crippen LogP contribution >= 0.6 is 0 Å². The molecule has 0 saturated carbocycles. The van der Waals surface area contributed by atoms with E-state index in [0.717, 1.165) is 24.8 Å². The van der Waals surface area contributed by atoms with Crippen molar-refractivity contribution in [2.75, 3.05) is 26.7 Å². The molecule has 1 saturated heterocycles. The van der Waals surface area contributed by atoms with Gasteiger partial charge in [-0.25, -0.2) is 0 Å². The number of likely N-dealkylation sites (N-methyl/N-ethyl adjacent to an activating group) is 1. The lowest BCUT2D eigenvalue weighted by Gasteiger charge is -2.26. The summed E-state index contributed by atoms with van der Waals surface area (Å²) in [5, 5.41) is 8.93. The van der Waals surface area contributed by atoms with Gasteiger partial charge in [-0.3, -0.25) is 14.5 Å². The van der Waals surface area contributed by atoms with E-state index in [0.29, 0.717) is 19.7 Å². The molecule has 2 atom stereocenters. The van der Waals surface area contributed by atoms with Gasteiger partial charge in [-0.2, -0.15) is 0 Å². The Kier molecular flexibility index (Phi) is 7.40. The van der Waals surface area contributed by atoms with Crippen molar-refractivity contribution in [3.8, 4) is 0 Å². The summed E-state index contributed by atoms with van der Waals surface area (Å²) in [5.74, 6) is -0.805. The number of likely N-dealkylation sites (tertiary alicyclic amines) is 1. The Morgan fingerprint density at radius 1 is 1.28 bits per heavy atom. The molecule has 0 bridgehead atoms. The highest BCUT2D eigenvalue weighted by atomic mass is 16.5. The van der Waals surface area contributed by atoms with Crippen molar-refractivity contribution in [1.29, 1.82) is 0 Å². The van der Waals surface area contributed by atoms with Crippen molar-refractivity contribution in [2.24, 2.45) is 0 Å². The first-order valence-corrected chi connectivity index (χ1v) is 8.83. The van der Waals surface area contributed by atoms with Crippen LogP contribution in [-0.2, 0) is 20.9 Å². The number of carboxylic acids is 1. The minimum Gasteiger partial charge on any atom is -0.480 e. The standard InChI is InChI=1S/C19H28N2O4/c1-15(25-14-16-7-4-3-5-8-16)19(24)21-11-6-9-17(10-12-21)20(2)13-18(22)23/h3-5,7-8,15,17H,6,9-14H2,1-2H3,(H,22,23). The van der Waals surface area contributed by atoms with Gasteiger partial charge >= 0.3 is 5.97 Å². The Morgan fingerprint density at radius 3 is 2.68 bits per heavy atom. The Labute approximate surface area is 149 Å². The maximum atomic E-state index is 12.6. The summed E-state index contributed by atoms with van der Waals surface area (Å²) in [4.78, 5) is 27.2. The second kappa shape index (κ2) is 9.53. The second-order valence-corrected chi connectivity index (χ2v) is 6.66. The van der Waals surface area contributed by atoms with Gasteiger partial charge in [0, 0.05) is 19.1 Å². The molecule has 1 aliphatic rings. The molecule has 1 aliphatic heterocycles. The van der Waals surface area contributed by atoms with Crippen LogP contribution in [0.2, 0.25) is 0 Å². The van der Waals surface area contributed by atoms with Gasteiger partial charge in [0.15, 0.2) is 0 Å². The molecule has 1 N–H and O–H groups in total. The number of rotatable bonds is 7. The Hall–Kier alpha value is -1.92. The van der Waals surface area contributed by atoms with Gasteiger partial charge in [-0.1, -0.05) is 30.3 Å². The number of carbonyl (C=O) groups excluding carboxylic acids is 1. The van der Waals surface area contributed by atoms with Crippen molar-refractivity contribution in [3.63, 3.8) is 0 Å². The van der Waals surface area contributed by atoms with Crippen molar-refractivity contribution in [3.05, 3.63) is 35.9 Å². The first kappa shape index (κ1) is 19.4. The minimum absolute atomic E-state index is 0.0115. The normalized spacial score (nSPS) is 19.5. The summed E-state index contributed by atoms with van der Waals surface area (Å²) in [7, 11) is 1.84. The largest absolute Gasteiger partial charge is 0.480 e. The third-order valence-corrected chi connectivity index (χ3v) is 4.71. The van der Waals surface area contributed by atoms with Gasteiger partial charge in [0.05, 0.1) is 13.2 Å². The lowest BCUT2D eigenvalue weighted by atomic mass is 10.1. The number of aliphatic carboxylic acids is 1. The van der Waals surface area contributed by atoms with E-state index in [1.165, 1.54) is 0 Å². The van der Waals surface area contributed by atoms with Crippen LogP contribution in [0, 0.1) is 0 Å². The highest BCUT2D eigenvalue weighted by Crippen LogP contribution is 2.17. The Balaban J connectivity index is 1.82. The van der Waals surface area contributed by atoms with E-state index in [9.17, 15) is 9.59 Å². The smallest absolute Gasteiger partial charge is 0.317 e. The molecule has 1 aromatic carbocycles. The van der Waals surface area contributed by atoms with Crippen molar-refractivity contribution >= 4 is 11.9 Å². The number of amides is 1. The van der Waals surface area contributed by atoms with Crippen LogP contribution < -0.4 is 0 Å². The lowest BCUT2D eigenvalue weighted by molar-refractivity contribution is -0.143. The van der Waals surface area contributed by atoms with Gasteiger partial charge < -0.3 is 14.7 Å². The average molecular weight is 348 g/mol. The van der Waals surface area contributed by atoms with Crippen LogP contribution in [0.3, 0.4) is 0 Å². The summed E-state index contributed by atoms with van der Waals surface area (Å²) in [6.07, 6.45) is 2.10. The highest BCUT2D eigenvalue weighted by molar-refractivity contribution is 5.80. The zero-order valence-electron chi connectivity index (χ0n) is 15.1. The van der Waals surface area contributed by atoms with E-state index in [1.807, 2.05) is 47.2 Å². The SMILES string of the molecule is CC(OCc1ccccc1)C(=O)N1CCCC(N(C)CC(=O)O)CC1. The first-order valence-electron chi connectivity index (χ1n) is 8.83. The fourth-order valence-electron chi connectivity index (χ4n) is 3.21. The third kappa shape index (κ3) is 6.14. The molecule has 25 heavy (non-hydrogen) atoms. The second-order valence-electron chi connectivity index (χ2n) is 6.66. The Morgan fingerprint density at radius 2 is 2.00 bits per heavy atom. The molecule has 6 nitrogen and oxygen atoms in total. The third-order valence-electron chi connectivity index (χ3n) is 4.71. The predicted octanol–water partition coefficient (Wildman–Crippen LogP) is 1.99. The lowest BCUT2D eigenvalue weighted by Crippen LogP contribution is -2.41. The molecule has 2 unspecified atom stereocenters. The fraction of sp³-hybridized carbons (Fsp3) is 0.579. The number of hydrogen-bond donors (Lipinski definition) is 1. The molecule has 0 spiro atoms. The van der Waals surface area contributed by atoms with Crippen LogP contribution in [0.4, 0.5) is 0 Å². The molecule has 1 fully saturated rings. The van der Waals surface area contributed by atoms with Gasteiger partial charge in [0.1, 0.15) is 6.10 Å². The summed E-state index contributed by atoms with van der Waals surface area (Å²) in [6, 6.07) is 10.0. The fourth-order valence-corrected chi connectivity index (χ4v) is 3.21. The molecule has 0 aliphatic carbocycles. The van der Waals surface area contributed by atoms with Crippen LogP contribution in [0.25, 0.3) is 0 Å². The zero-order chi connectivity index (χ0) is 18.2.